The Bertz CT molecular complexity index is 1680. The number of rotatable bonds is 7. The van der Waals surface area contributed by atoms with Crippen molar-refractivity contribution in [3.63, 3.8) is 0 Å². The largest absolute Gasteiger partial charge is 0.492 e. The lowest BCUT2D eigenvalue weighted by molar-refractivity contribution is 0.261. The quantitative estimate of drug-likeness (QED) is 0.258. The molecule has 180 valence electrons. The van der Waals surface area contributed by atoms with Gasteiger partial charge in [0, 0.05) is 38.8 Å². The van der Waals surface area contributed by atoms with Crippen LogP contribution in [0.25, 0.3) is 54.9 Å². The highest BCUT2D eigenvalue weighted by atomic mass is 32.1. The van der Waals surface area contributed by atoms with Crippen LogP contribution in [-0.4, -0.2) is 52.3 Å². The van der Waals surface area contributed by atoms with Gasteiger partial charge < -0.3 is 14.6 Å². The third-order valence-corrected chi connectivity index (χ3v) is 7.36. The summed E-state index contributed by atoms with van der Waals surface area (Å²) in [7, 11) is 4.09. The molecule has 0 fully saturated rings. The van der Waals surface area contributed by atoms with E-state index in [0.29, 0.717) is 6.61 Å². The number of likely N-dealkylation sites (N-methyl/N-ethyl adjacent to an activating group) is 1. The van der Waals surface area contributed by atoms with Gasteiger partial charge in [-0.2, -0.15) is 5.10 Å². The highest BCUT2D eigenvalue weighted by Gasteiger charge is 2.15. The van der Waals surface area contributed by atoms with Crippen LogP contribution in [-0.2, 0) is 0 Å². The first-order valence-corrected chi connectivity index (χ1v) is 12.8. The third-order valence-electron chi connectivity index (χ3n) is 6.33. The summed E-state index contributed by atoms with van der Waals surface area (Å²) >= 11 is 1.80. The molecule has 0 aliphatic rings. The number of ether oxygens (including phenoxy) is 1. The Morgan fingerprint density at radius 2 is 1.83 bits per heavy atom. The van der Waals surface area contributed by atoms with Crippen LogP contribution in [0.3, 0.4) is 0 Å². The van der Waals surface area contributed by atoms with Crippen molar-refractivity contribution in [1.82, 2.24) is 25.1 Å². The van der Waals surface area contributed by atoms with Crippen molar-refractivity contribution in [2.45, 2.75) is 6.92 Å². The van der Waals surface area contributed by atoms with E-state index >= 15 is 0 Å². The van der Waals surface area contributed by atoms with Crippen LogP contribution in [0.1, 0.15) is 4.88 Å². The normalized spacial score (nSPS) is 11.7. The molecule has 0 unspecified atom stereocenters. The summed E-state index contributed by atoms with van der Waals surface area (Å²) in [5.74, 6) is 0.875. The second-order valence-electron chi connectivity index (χ2n) is 9.23. The molecule has 0 bridgehead atoms. The van der Waals surface area contributed by atoms with Crippen molar-refractivity contribution >= 4 is 33.3 Å². The maximum atomic E-state index is 5.96. The number of aromatic nitrogens is 4. The SMILES string of the molecule is Cc1ccc(-c2ccnc3[nH]c(-c4n[nH]c5ccc(-c6cccc(OCCN(C)C)c6)cc45)cc23)s1. The highest BCUT2D eigenvalue weighted by Crippen LogP contribution is 2.37. The number of H-pyrrole nitrogens is 2. The Balaban J connectivity index is 1.37. The number of aryl methyl sites for hydroxylation is 1. The molecule has 2 aromatic carbocycles. The average molecular weight is 494 g/mol. The van der Waals surface area contributed by atoms with Crippen molar-refractivity contribution in [1.29, 1.82) is 0 Å². The monoisotopic (exact) mass is 493 g/mol. The van der Waals surface area contributed by atoms with Crippen molar-refractivity contribution in [3.8, 4) is 38.7 Å². The molecule has 6 rings (SSSR count). The first-order chi connectivity index (χ1) is 17.5. The minimum atomic E-state index is 0.656. The van der Waals surface area contributed by atoms with Crippen LogP contribution in [0.2, 0.25) is 0 Å². The van der Waals surface area contributed by atoms with Crippen molar-refractivity contribution < 1.29 is 4.74 Å². The molecule has 6 aromatic rings. The Kier molecular flexibility index (Phi) is 5.79. The first kappa shape index (κ1) is 22.5. The zero-order chi connectivity index (χ0) is 24.6. The molecule has 0 aliphatic carbocycles. The van der Waals surface area contributed by atoms with Gasteiger partial charge in [0.25, 0.3) is 0 Å². The third kappa shape index (κ3) is 4.27. The standard InChI is InChI=1S/C29H27N5OS/c1-18-7-10-27(36-18)22-11-12-30-29-23(22)17-26(31-29)28-24-16-20(8-9-25(24)32-33-28)19-5-4-6-21(15-19)35-14-13-34(2)3/h4-12,15-17H,13-14H2,1-3H3,(H,30,31)(H,32,33). The topological polar surface area (TPSA) is 69.8 Å². The first-order valence-electron chi connectivity index (χ1n) is 12.0. The molecular weight excluding hydrogens is 466 g/mol. The number of hydrogen-bond acceptors (Lipinski definition) is 5. The van der Waals surface area contributed by atoms with Gasteiger partial charge in [-0.3, -0.25) is 5.10 Å². The second-order valence-corrected chi connectivity index (χ2v) is 10.5. The zero-order valence-corrected chi connectivity index (χ0v) is 21.3. The number of nitrogens with zero attached hydrogens (tertiary/aromatic N) is 3. The van der Waals surface area contributed by atoms with E-state index in [4.69, 9.17) is 4.74 Å². The van der Waals surface area contributed by atoms with E-state index in [0.717, 1.165) is 56.7 Å². The van der Waals surface area contributed by atoms with Gasteiger partial charge in [-0.1, -0.05) is 18.2 Å². The van der Waals surface area contributed by atoms with Crippen LogP contribution in [0, 0.1) is 6.92 Å². The van der Waals surface area contributed by atoms with E-state index in [1.165, 1.54) is 15.3 Å². The number of fused-ring (bicyclic) bond motifs is 2. The average Bonchev–Trinajstić information content (AvgIpc) is 3.61. The molecular formula is C29H27N5OS. The van der Waals surface area contributed by atoms with E-state index in [1.54, 1.807) is 11.3 Å². The molecule has 2 N–H and O–H groups in total. The maximum Gasteiger partial charge on any atom is 0.138 e. The van der Waals surface area contributed by atoms with Gasteiger partial charge in [0.1, 0.15) is 23.7 Å². The van der Waals surface area contributed by atoms with Gasteiger partial charge in [0.2, 0.25) is 0 Å². The molecule has 0 atom stereocenters. The molecule has 0 aliphatic heterocycles. The van der Waals surface area contributed by atoms with Crippen LogP contribution >= 0.6 is 11.3 Å². The Labute approximate surface area is 213 Å². The van der Waals surface area contributed by atoms with Gasteiger partial charge in [0.05, 0.1) is 11.2 Å². The van der Waals surface area contributed by atoms with E-state index in [2.05, 4.69) is 86.6 Å². The van der Waals surface area contributed by atoms with E-state index in [9.17, 15) is 0 Å². The molecule has 0 saturated carbocycles. The lowest BCUT2D eigenvalue weighted by Gasteiger charge is -2.12. The second kappa shape index (κ2) is 9.26. The van der Waals surface area contributed by atoms with Crippen molar-refractivity contribution in [2.24, 2.45) is 0 Å². The summed E-state index contributed by atoms with van der Waals surface area (Å²) < 4.78 is 5.96. The van der Waals surface area contributed by atoms with Gasteiger partial charge in [-0.15, -0.1) is 11.3 Å². The molecule has 6 nitrogen and oxygen atoms in total. The van der Waals surface area contributed by atoms with E-state index < -0.39 is 0 Å². The summed E-state index contributed by atoms with van der Waals surface area (Å²) in [4.78, 5) is 12.7. The molecule has 4 aromatic heterocycles. The predicted molar refractivity (Wildman–Crippen MR) is 149 cm³/mol. The predicted octanol–water partition coefficient (Wildman–Crippen LogP) is 6.75. The number of pyridine rings is 1. The molecule has 0 saturated heterocycles. The molecule has 7 heteroatoms. The van der Waals surface area contributed by atoms with Crippen LogP contribution < -0.4 is 4.74 Å². The Hall–Kier alpha value is -3.94. The van der Waals surface area contributed by atoms with Gasteiger partial charge >= 0.3 is 0 Å². The van der Waals surface area contributed by atoms with Crippen LogP contribution in [0.4, 0.5) is 0 Å². The highest BCUT2D eigenvalue weighted by molar-refractivity contribution is 7.15. The molecule has 0 spiro atoms. The minimum absolute atomic E-state index is 0.656. The lowest BCUT2D eigenvalue weighted by atomic mass is 10.0. The fourth-order valence-electron chi connectivity index (χ4n) is 4.46. The van der Waals surface area contributed by atoms with Crippen molar-refractivity contribution in [3.05, 3.63) is 77.8 Å². The number of benzene rings is 2. The van der Waals surface area contributed by atoms with Gasteiger partial charge in [-0.25, -0.2) is 4.98 Å². The Morgan fingerprint density at radius 3 is 2.67 bits per heavy atom. The van der Waals surface area contributed by atoms with E-state index in [1.807, 2.05) is 32.4 Å². The van der Waals surface area contributed by atoms with Crippen LogP contribution in [0.5, 0.6) is 5.75 Å². The number of thiophene rings is 1. The fraction of sp³-hybridized carbons (Fsp3) is 0.172. The summed E-state index contributed by atoms with van der Waals surface area (Å²) in [5.41, 5.74) is 7.11. The summed E-state index contributed by atoms with van der Waals surface area (Å²) in [6.07, 6.45) is 1.86. The molecule has 4 heterocycles. The smallest absolute Gasteiger partial charge is 0.138 e. The number of nitrogens with one attached hydrogen (secondary N) is 2. The van der Waals surface area contributed by atoms with Gasteiger partial charge in [0.15, 0.2) is 0 Å². The lowest BCUT2D eigenvalue weighted by Crippen LogP contribution is -2.19. The van der Waals surface area contributed by atoms with Crippen molar-refractivity contribution in [2.75, 3.05) is 27.2 Å². The van der Waals surface area contributed by atoms with Crippen LogP contribution in [0.15, 0.2) is 72.9 Å². The zero-order valence-electron chi connectivity index (χ0n) is 20.5. The number of aromatic amines is 2. The number of hydrogen-bond donors (Lipinski definition) is 2. The summed E-state index contributed by atoms with van der Waals surface area (Å²) in [6.45, 7) is 3.67. The molecule has 36 heavy (non-hydrogen) atoms. The van der Waals surface area contributed by atoms with Gasteiger partial charge in [-0.05, 0) is 80.7 Å². The summed E-state index contributed by atoms with van der Waals surface area (Å²) in [5, 5.41) is 10.0. The molecule has 0 amide bonds. The molecule has 0 radical (unpaired) electrons. The summed E-state index contributed by atoms with van der Waals surface area (Å²) in [6, 6.07) is 23.2. The minimum Gasteiger partial charge on any atom is -0.492 e. The van der Waals surface area contributed by atoms with E-state index in [-0.39, 0.29) is 0 Å². The fourth-order valence-corrected chi connectivity index (χ4v) is 5.37. The Morgan fingerprint density at radius 1 is 0.944 bits per heavy atom. The maximum absolute atomic E-state index is 5.96.